The van der Waals surface area contributed by atoms with Crippen LogP contribution in [0.1, 0.15) is 28.8 Å². The van der Waals surface area contributed by atoms with Gasteiger partial charge in [0.05, 0.1) is 32.7 Å². The maximum absolute atomic E-state index is 12.9. The van der Waals surface area contributed by atoms with E-state index in [9.17, 15) is 4.79 Å². The Labute approximate surface area is 200 Å². The Kier molecular flexibility index (Phi) is 7.42. The number of benzene rings is 3. The fourth-order valence-electron chi connectivity index (χ4n) is 4.18. The van der Waals surface area contributed by atoms with Crippen molar-refractivity contribution in [3.63, 3.8) is 0 Å². The average Bonchev–Trinajstić information content (AvgIpc) is 3.42. The largest absolute Gasteiger partial charge is 0.493 e. The molecular formula is C27H31N3O4. The van der Waals surface area contributed by atoms with Crippen molar-refractivity contribution in [2.24, 2.45) is 0 Å². The first kappa shape index (κ1) is 23.3. The second-order valence-corrected chi connectivity index (χ2v) is 8.13. The number of nitrogens with zero attached hydrogens (tertiary/aromatic N) is 1. The number of hydrogen-bond acceptors (Lipinski definition) is 6. The molecule has 0 aliphatic carbocycles. The van der Waals surface area contributed by atoms with Crippen LogP contribution in [0.2, 0.25) is 0 Å². The zero-order chi connectivity index (χ0) is 23.9. The number of carbonyl (C=O) groups excluding carboxylic acids is 1. The Balaban J connectivity index is 1.60. The van der Waals surface area contributed by atoms with Crippen LogP contribution < -0.4 is 29.7 Å². The summed E-state index contributed by atoms with van der Waals surface area (Å²) in [5.41, 5.74) is 4.26. The average molecular weight is 462 g/mol. The zero-order valence-electron chi connectivity index (χ0n) is 19.9. The van der Waals surface area contributed by atoms with Crippen LogP contribution in [0.25, 0.3) is 0 Å². The van der Waals surface area contributed by atoms with Crippen LogP contribution in [0.15, 0.2) is 60.7 Å². The van der Waals surface area contributed by atoms with Gasteiger partial charge in [-0.25, -0.2) is 0 Å². The van der Waals surface area contributed by atoms with Crippen molar-refractivity contribution in [3.8, 4) is 17.2 Å². The fraction of sp³-hybridized carbons (Fsp3) is 0.296. The van der Waals surface area contributed by atoms with Gasteiger partial charge in [-0.05, 0) is 60.9 Å². The topological polar surface area (TPSA) is 72.1 Å². The molecule has 3 aromatic rings. The number of ether oxygens (including phenoxy) is 3. The first-order valence-corrected chi connectivity index (χ1v) is 11.4. The Morgan fingerprint density at radius 2 is 1.53 bits per heavy atom. The number of hydrogen-bond donors (Lipinski definition) is 2. The lowest BCUT2D eigenvalue weighted by molar-refractivity contribution is 0.102. The van der Waals surface area contributed by atoms with Gasteiger partial charge in [-0.15, -0.1) is 0 Å². The molecule has 0 bridgehead atoms. The van der Waals surface area contributed by atoms with E-state index in [-0.39, 0.29) is 5.91 Å². The summed E-state index contributed by atoms with van der Waals surface area (Å²) in [5.74, 6) is 1.61. The molecule has 1 heterocycles. The van der Waals surface area contributed by atoms with E-state index in [1.807, 2.05) is 54.6 Å². The molecule has 1 amide bonds. The molecule has 1 aliphatic rings. The number of anilines is 3. The molecule has 1 aliphatic heterocycles. The van der Waals surface area contributed by atoms with Gasteiger partial charge in [0.1, 0.15) is 0 Å². The normalized spacial score (nSPS) is 12.9. The van der Waals surface area contributed by atoms with Crippen molar-refractivity contribution in [1.29, 1.82) is 0 Å². The zero-order valence-corrected chi connectivity index (χ0v) is 19.9. The van der Waals surface area contributed by atoms with Crippen molar-refractivity contribution >= 4 is 23.0 Å². The van der Waals surface area contributed by atoms with Crippen LogP contribution in [0.4, 0.5) is 17.1 Å². The van der Waals surface area contributed by atoms with E-state index in [4.69, 9.17) is 14.2 Å². The molecule has 178 valence electrons. The maximum atomic E-state index is 12.9. The molecule has 4 rings (SSSR count). The minimum Gasteiger partial charge on any atom is -0.493 e. The van der Waals surface area contributed by atoms with E-state index < -0.39 is 0 Å². The van der Waals surface area contributed by atoms with E-state index in [1.165, 1.54) is 12.8 Å². The summed E-state index contributed by atoms with van der Waals surface area (Å²) in [6.45, 7) is 2.57. The summed E-state index contributed by atoms with van der Waals surface area (Å²) < 4.78 is 16.4. The van der Waals surface area contributed by atoms with E-state index >= 15 is 0 Å². The summed E-state index contributed by atoms with van der Waals surface area (Å²) in [4.78, 5) is 15.3. The highest BCUT2D eigenvalue weighted by Crippen LogP contribution is 2.38. The highest BCUT2D eigenvalue weighted by atomic mass is 16.5. The van der Waals surface area contributed by atoms with Crippen molar-refractivity contribution in [3.05, 3.63) is 71.8 Å². The minimum atomic E-state index is -0.144. The van der Waals surface area contributed by atoms with Crippen molar-refractivity contribution < 1.29 is 19.0 Å². The summed E-state index contributed by atoms with van der Waals surface area (Å²) in [6, 6.07) is 19.2. The van der Waals surface area contributed by atoms with Gasteiger partial charge in [-0.2, -0.15) is 0 Å². The van der Waals surface area contributed by atoms with Gasteiger partial charge in [-0.1, -0.05) is 18.2 Å². The number of methoxy groups -OCH3 is 3. The SMILES string of the molecule is COc1cc(CNc2ccc(N3CCCC3)cc2NC(=O)c2ccccc2)cc(OC)c1OC. The summed E-state index contributed by atoms with van der Waals surface area (Å²) in [5, 5.41) is 6.55. The molecule has 7 nitrogen and oxygen atoms in total. The minimum absolute atomic E-state index is 0.144. The third-order valence-electron chi connectivity index (χ3n) is 5.97. The fourth-order valence-corrected chi connectivity index (χ4v) is 4.18. The Morgan fingerprint density at radius 1 is 0.853 bits per heavy atom. The predicted molar refractivity (Wildman–Crippen MR) is 136 cm³/mol. The second kappa shape index (κ2) is 10.8. The lowest BCUT2D eigenvalue weighted by atomic mass is 10.1. The number of rotatable bonds is 9. The molecule has 0 aromatic heterocycles. The Bertz CT molecular complexity index is 1100. The summed E-state index contributed by atoms with van der Waals surface area (Å²) in [6.07, 6.45) is 2.37. The van der Waals surface area contributed by atoms with Gasteiger partial charge in [0.2, 0.25) is 5.75 Å². The van der Waals surface area contributed by atoms with Crippen LogP contribution in [-0.4, -0.2) is 40.3 Å². The van der Waals surface area contributed by atoms with E-state index in [0.29, 0.717) is 29.4 Å². The lowest BCUT2D eigenvalue weighted by Gasteiger charge is -2.21. The van der Waals surface area contributed by atoms with Gasteiger partial charge in [-0.3, -0.25) is 4.79 Å². The van der Waals surface area contributed by atoms with Gasteiger partial charge in [0.15, 0.2) is 11.5 Å². The van der Waals surface area contributed by atoms with Crippen molar-refractivity contribution in [2.45, 2.75) is 19.4 Å². The summed E-state index contributed by atoms with van der Waals surface area (Å²) >= 11 is 0. The van der Waals surface area contributed by atoms with Crippen molar-refractivity contribution in [1.82, 2.24) is 0 Å². The molecule has 0 radical (unpaired) electrons. The van der Waals surface area contributed by atoms with Gasteiger partial charge >= 0.3 is 0 Å². The molecule has 1 saturated heterocycles. The van der Waals surface area contributed by atoms with Crippen LogP contribution in [-0.2, 0) is 6.54 Å². The molecule has 0 unspecified atom stereocenters. The standard InChI is InChI=1S/C27H31N3O4/c1-32-24-15-19(16-25(33-2)26(24)34-3)18-28-22-12-11-21(30-13-7-8-14-30)17-23(22)29-27(31)20-9-5-4-6-10-20/h4-6,9-12,15-17,28H,7-8,13-14,18H2,1-3H3,(H,29,31). The highest BCUT2D eigenvalue weighted by Gasteiger charge is 2.17. The summed E-state index contributed by atoms with van der Waals surface area (Å²) in [7, 11) is 4.79. The Hall–Kier alpha value is -3.87. The van der Waals surface area contributed by atoms with Crippen LogP contribution >= 0.6 is 0 Å². The first-order valence-electron chi connectivity index (χ1n) is 11.4. The van der Waals surface area contributed by atoms with Crippen molar-refractivity contribution in [2.75, 3.05) is 50.0 Å². The number of amides is 1. The molecule has 0 spiro atoms. The molecule has 0 atom stereocenters. The highest BCUT2D eigenvalue weighted by molar-refractivity contribution is 6.06. The maximum Gasteiger partial charge on any atom is 0.255 e. The lowest BCUT2D eigenvalue weighted by Crippen LogP contribution is -2.19. The molecule has 2 N–H and O–H groups in total. The molecular weight excluding hydrogens is 430 g/mol. The first-order chi connectivity index (χ1) is 16.6. The monoisotopic (exact) mass is 461 g/mol. The third-order valence-corrected chi connectivity index (χ3v) is 5.97. The molecule has 3 aromatic carbocycles. The molecule has 7 heteroatoms. The van der Waals surface area contributed by atoms with E-state index in [2.05, 4.69) is 21.6 Å². The van der Waals surface area contributed by atoms with E-state index in [1.54, 1.807) is 21.3 Å². The van der Waals surface area contributed by atoms with Crippen LogP contribution in [0, 0.1) is 0 Å². The second-order valence-electron chi connectivity index (χ2n) is 8.13. The van der Waals surface area contributed by atoms with Crippen LogP contribution in [0.3, 0.4) is 0 Å². The van der Waals surface area contributed by atoms with Crippen LogP contribution in [0.5, 0.6) is 17.2 Å². The van der Waals surface area contributed by atoms with E-state index in [0.717, 1.165) is 35.7 Å². The van der Waals surface area contributed by atoms with Gasteiger partial charge in [0.25, 0.3) is 5.91 Å². The predicted octanol–water partition coefficient (Wildman–Crippen LogP) is 5.18. The van der Waals surface area contributed by atoms with Gasteiger partial charge in [0, 0.05) is 30.9 Å². The number of carbonyl (C=O) groups is 1. The van der Waals surface area contributed by atoms with Gasteiger partial charge < -0.3 is 29.7 Å². The molecule has 0 saturated carbocycles. The third kappa shape index (κ3) is 5.20. The quantitative estimate of drug-likeness (QED) is 0.458. The Morgan fingerprint density at radius 3 is 2.15 bits per heavy atom. The molecule has 1 fully saturated rings. The molecule has 34 heavy (non-hydrogen) atoms. The number of nitrogens with one attached hydrogen (secondary N) is 2. The smallest absolute Gasteiger partial charge is 0.255 e.